The number of hydrogen-bond donors (Lipinski definition) is 2. The van der Waals surface area contributed by atoms with Gasteiger partial charge in [0.1, 0.15) is 5.82 Å². The highest BCUT2D eigenvalue weighted by molar-refractivity contribution is 7.93. The van der Waals surface area contributed by atoms with Gasteiger partial charge in [0, 0.05) is 18.8 Å². The molecule has 1 aromatic heterocycles. The number of nitrogens with zero attached hydrogens (tertiary/aromatic N) is 3. The quantitative estimate of drug-likeness (QED) is 0.419. The fourth-order valence-electron chi connectivity index (χ4n) is 4.28. The second kappa shape index (κ2) is 9.38. The predicted octanol–water partition coefficient (Wildman–Crippen LogP) is 4.28. The van der Waals surface area contributed by atoms with E-state index in [-0.39, 0.29) is 11.6 Å². The van der Waals surface area contributed by atoms with Crippen LogP contribution >= 0.6 is 0 Å². The van der Waals surface area contributed by atoms with Crippen LogP contribution in [-0.4, -0.2) is 36.3 Å². The zero-order valence-electron chi connectivity index (χ0n) is 18.8. The Morgan fingerprint density at radius 3 is 2.63 bits per heavy atom. The van der Waals surface area contributed by atoms with Crippen LogP contribution in [0, 0.1) is 5.82 Å². The molecule has 1 unspecified atom stereocenters. The maximum Gasteiger partial charge on any atom is 0.319 e. The summed E-state index contributed by atoms with van der Waals surface area (Å²) in [6, 6.07) is 19.5. The van der Waals surface area contributed by atoms with Crippen LogP contribution in [0.1, 0.15) is 18.0 Å². The fraction of sp³-hybridized carbons (Fsp3) is 0.200. The molecule has 0 radical (unpaired) electrons. The minimum atomic E-state index is -3.33. The van der Waals surface area contributed by atoms with Gasteiger partial charge in [0.15, 0.2) is 0 Å². The van der Waals surface area contributed by atoms with Gasteiger partial charge < -0.3 is 15.2 Å². The van der Waals surface area contributed by atoms with Crippen molar-refractivity contribution in [3.63, 3.8) is 0 Å². The molecule has 0 aliphatic carbocycles. The van der Waals surface area contributed by atoms with Crippen LogP contribution in [0.4, 0.5) is 20.6 Å². The van der Waals surface area contributed by atoms with Gasteiger partial charge in [-0.25, -0.2) is 22.6 Å². The number of urea groups is 1. The second-order valence-corrected chi connectivity index (χ2v) is 10.4. The molecule has 1 aliphatic rings. The SMILES string of the molecule is O=C(Nc1cccc(N2CCCS2(=O)=O)c1)NC(Cn1cnc2ccccc21)c1ccc(F)cc1. The molecule has 8 nitrogen and oxygen atoms in total. The fourth-order valence-corrected chi connectivity index (χ4v) is 5.83. The third kappa shape index (κ3) is 4.97. The van der Waals surface area contributed by atoms with Crippen LogP contribution in [0.25, 0.3) is 11.0 Å². The summed E-state index contributed by atoms with van der Waals surface area (Å²) in [5.74, 6) is -0.244. The van der Waals surface area contributed by atoms with Crippen molar-refractivity contribution in [1.29, 1.82) is 0 Å². The van der Waals surface area contributed by atoms with Crippen molar-refractivity contribution in [1.82, 2.24) is 14.9 Å². The van der Waals surface area contributed by atoms with E-state index in [4.69, 9.17) is 0 Å². The molecule has 1 aliphatic heterocycles. The second-order valence-electron chi connectivity index (χ2n) is 8.38. The standard InChI is InChI=1S/C25H24FN5O3S/c26-19-11-9-18(10-12-19)23(16-30-17-27-22-7-1-2-8-24(22)30)29-25(32)28-20-5-3-6-21(15-20)31-13-4-14-35(31,33)34/h1-3,5-12,15,17,23H,4,13-14,16H2,(H2,28,29,32). The first-order valence-electron chi connectivity index (χ1n) is 11.2. The van der Waals surface area contributed by atoms with Crippen LogP contribution in [0.15, 0.2) is 79.1 Å². The Hall–Kier alpha value is -3.92. The number of imidazole rings is 1. The van der Waals surface area contributed by atoms with Gasteiger partial charge in [0.2, 0.25) is 10.0 Å². The van der Waals surface area contributed by atoms with Crippen LogP contribution in [0.2, 0.25) is 0 Å². The molecule has 2 heterocycles. The molecular formula is C25H24FN5O3S. The van der Waals surface area contributed by atoms with E-state index in [1.807, 2.05) is 28.8 Å². The van der Waals surface area contributed by atoms with E-state index in [1.54, 1.807) is 42.7 Å². The Kier molecular flexibility index (Phi) is 6.12. The lowest BCUT2D eigenvalue weighted by atomic mass is 10.1. The van der Waals surface area contributed by atoms with Crippen LogP contribution < -0.4 is 14.9 Å². The average Bonchev–Trinajstić information content (AvgIpc) is 3.41. The van der Waals surface area contributed by atoms with Gasteiger partial charge >= 0.3 is 6.03 Å². The number of carbonyl (C=O) groups is 1. The largest absolute Gasteiger partial charge is 0.329 e. The lowest BCUT2D eigenvalue weighted by Gasteiger charge is -2.21. The van der Waals surface area contributed by atoms with E-state index in [9.17, 15) is 17.6 Å². The minimum Gasteiger partial charge on any atom is -0.329 e. The molecular weight excluding hydrogens is 469 g/mol. The number of halogens is 1. The molecule has 3 aromatic carbocycles. The van der Waals surface area contributed by atoms with Gasteiger partial charge in [-0.15, -0.1) is 0 Å². The third-order valence-corrected chi connectivity index (χ3v) is 7.85. The molecule has 35 heavy (non-hydrogen) atoms. The topological polar surface area (TPSA) is 96.3 Å². The highest BCUT2D eigenvalue weighted by Gasteiger charge is 2.28. The van der Waals surface area contributed by atoms with E-state index in [0.29, 0.717) is 30.9 Å². The number of fused-ring (bicyclic) bond motifs is 1. The zero-order valence-corrected chi connectivity index (χ0v) is 19.6. The number of nitrogens with one attached hydrogen (secondary N) is 2. The molecule has 0 saturated carbocycles. The smallest absolute Gasteiger partial charge is 0.319 e. The molecule has 1 atom stereocenters. The summed E-state index contributed by atoms with van der Waals surface area (Å²) in [6.45, 7) is 0.801. The van der Waals surface area contributed by atoms with Crippen molar-refractivity contribution in [2.24, 2.45) is 0 Å². The maximum atomic E-state index is 13.5. The molecule has 4 aromatic rings. The monoisotopic (exact) mass is 493 g/mol. The van der Waals surface area contributed by atoms with Gasteiger partial charge in [0.05, 0.1) is 34.8 Å². The number of para-hydroxylation sites is 2. The average molecular weight is 494 g/mol. The first-order chi connectivity index (χ1) is 16.9. The van der Waals surface area contributed by atoms with Crippen molar-refractivity contribution in [2.75, 3.05) is 21.9 Å². The van der Waals surface area contributed by atoms with Crippen LogP contribution in [-0.2, 0) is 16.6 Å². The Bertz CT molecular complexity index is 1470. The summed E-state index contributed by atoms with van der Waals surface area (Å²) in [5, 5.41) is 5.75. The van der Waals surface area contributed by atoms with Crippen molar-refractivity contribution in [2.45, 2.75) is 19.0 Å². The van der Waals surface area contributed by atoms with E-state index < -0.39 is 22.1 Å². The lowest BCUT2D eigenvalue weighted by molar-refractivity contribution is 0.247. The summed E-state index contributed by atoms with van der Waals surface area (Å²) >= 11 is 0. The molecule has 180 valence electrons. The van der Waals surface area contributed by atoms with Gasteiger partial charge in [0.25, 0.3) is 0 Å². The Morgan fingerprint density at radius 1 is 1.06 bits per heavy atom. The predicted molar refractivity (Wildman–Crippen MR) is 133 cm³/mol. The van der Waals surface area contributed by atoms with Gasteiger partial charge in [-0.05, 0) is 54.4 Å². The molecule has 2 N–H and O–H groups in total. The lowest BCUT2D eigenvalue weighted by Crippen LogP contribution is -2.35. The summed E-state index contributed by atoms with van der Waals surface area (Å²) in [5.41, 5.74) is 3.47. The number of amides is 2. The normalized spacial score (nSPS) is 15.7. The van der Waals surface area contributed by atoms with Crippen molar-refractivity contribution in [3.05, 3.63) is 90.5 Å². The van der Waals surface area contributed by atoms with Crippen molar-refractivity contribution >= 4 is 38.5 Å². The van der Waals surface area contributed by atoms with E-state index in [1.165, 1.54) is 16.4 Å². The molecule has 1 fully saturated rings. The van der Waals surface area contributed by atoms with Crippen LogP contribution in [0.5, 0.6) is 0 Å². The van der Waals surface area contributed by atoms with Gasteiger partial charge in [-0.3, -0.25) is 4.31 Å². The molecule has 0 bridgehead atoms. The van der Waals surface area contributed by atoms with Crippen LogP contribution in [0.3, 0.4) is 0 Å². The molecule has 1 saturated heterocycles. The summed E-state index contributed by atoms with van der Waals surface area (Å²) in [4.78, 5) is 17.4. The molecule has 5 rings (SSSR count). The van der Waals surface area contributed by atoms with Gasteiger partial charge in [-0.2, -0.15) is 0 Å². The number of benzene rings is 3. The van der Waals surface area contributed by atoms with Crippen molar-refractivity contribution < 1.29 is 17.6 Å². The first-order valence-corrected chi connectivity index (χ1v) is 12.8. The number of hydrogen-bond acceptors (Lipinski definition) is 4. The van der Waals surface area contributed by atoms with E-state index in [0.717, 1.165) is 16.6 Å². The van der Waals surface area contributed by atoms with Gasteiger partial charge in [-0.1, -0.05) is 30.3 Å². The maximum absolute atomic E-state index is 13.5. The van der Waals surface area contributed by atoms with E-state index in [2.05, 4.69) is 15.6 Å². The number of rotatable bonds is 6. The number of anilines is 2. The Balaban J connectivity index is 1.36. The Morgan fingerprint density at radius 2 is 1.86 bits per heavy atom. The summed E-state index contributed by atoms with van der Waals surface area (Å²) in [7, 11) is -3.33. The first kappa shape index (κ1) is 22.9. The van der Waals surface area contributed by atoms with Crippen molar-refractivity contribution in [3.8, 4) is 0 Å². The molecule has 2 amide bonds. The van der Waals surface area contributed by atoms with E-state index >= 15 is 0 Å². The number of carbonyl (C=O) groups excluding carboxylic acids is 1. The third-order valence-electron chi connectivity index (χ3n) is 5.98. The number of sulfonamides is 1. The highest BCUT2D eigenvalue weighted by atomic mass is 32.2. The molecule has 0 spiro atoms. The minimum absolute atomic E-state index is 0.118. The highest BCUT2D eigenvalue weighted by Crippen LogP contribution is 2.27. The Labute approximate surface area is 202 Å². The zero-order chi connectivity index (χ0) is 24.4. The number of aromatic nitrogens is 2. The summed E-state index contributed by atoms with van der Waals surface area (Å²) < 4.78 is 41.4. The molecule has 10 heteroatoms. The summed E-state index contributed by atoms with van der Waals surface area (Å²) in [6.07, 6.45) is 2.28.